The number of methoxy groups -OCH3 is 1. The highest BCUT2D eigenvalue weighted by Crippen LogP contribution is 2.38. The molecule has 1 aliphatic rings. The van der Waals surface area contributed by atoms with E-state index in [0.717, 1.165) is 88.1 Å². The van der Waals surface area contributed by atoms with Crippen LogP contribution in [0.25, 0.3) is 22.2 Å². The molecule has 1 fully saturated rings. The van der Waals surface area contributed by atoms with Gasteiger partial charge in [-0.15, -0.1) is 0 Å². The molecule has 44 heavy (non-hydrogen) atoms. The van der Waals surface area contributed by atoms with E-state index in [-0.39, 0.29) is 0 Å². The third-order valence-electron chi connectivity index (χ3n) is 7.45. The lowest BCUT2D eigenvalue weighted by atomic mass is 10.00. The molecular weight excluding hydrogens is 641 g/mol. The number of hydrogen-bond acceptors (Lipinski definition) is 10. The maximum Gasteiger partial charge on any atom is 0.229 e. The van der Waals surface area contributed by atoms with Gasteiger partial charge >= 0.3 is 0 Å². The van der Waals surface area contributed by atoms with Crippen LogP contribution < -0.4 is 20.7 Å². The summed E-state index contributed by atoms with van der Waals surface area (Å²) in [4.78, 5) is 21.0. The van der Waals surface area contributed by atoms with Gasteiger partial charge in [-0.3, -0.25) is 19.5 Å². The van der Waals surface area contributed by atoms with Crippen molar-refractivity contribution in [1.29, 1.82) is 0 Å². The zero-order chi connectivity index (χ0) is 30.6. The lowest BCUT2D eigenvalue weighted by Gasteiger charge is -2.22. The highest BCUT2D eigenvalue weighted by atomic mass is 79.9. The summed E-state index contributed by atoms with van der Waals surface area (Å²) in [6, 6.07) is 8.21. The average Bonchev–Trinajstić information content (AvgIpc) is 3.29. The van der Waals surface area contributed by atoms with Crippen molar-refractivity contribution in [3.8, 4) is 16.9 Å². The minimum absolute atomic E-state index is 0.431. The van der Waals surface area contributed by atoms with E-state index in [4.69, 9.17) is 14.5 Å². The molecule has 2 aromatic carbocycles. The number of rotatable bonds is 9. The van der Waals surface area contributed by atoms with E-state index in [2.05, 4.69) is 77.0 Å². The summed E-state index contributed by atoms with van der Waals surface area (Å²) in [6.45, 7) is 8.62. The number of aryl methyl sites for hydroxylation is 1. The largest absolute Gasteiger partial charge is 0.495 e. The minimum Gasteiger partial charge on any atom is -0.495 e. The monoisotopic (exact) mass is 675 g/mol. The SMILES string of the molecule is COc1cc(CN2CCCOCC2)c(-c2cnn(C)c2)cc1Nc1ncc(Br)c(Nc2ccc3nccnc3c2P(C)C)n1. The van der Waals surface area contributed by atoms with Crippen LogP contribution in [0.5, 0.6) is 5.75 Å². The quantitative estimate of drug-likeness (QED) is 0.190. The van der Waals surface area contributed by atoms with Crippen LogP contribution >= 0.6 is 23.9 Å². The summed E-state index contributed by atoms with van der Waals surface area (Å²) in [7, 11) is 3.12. The number of halogens is 1. The van der Waals surface area contributed by atoms with E-state index < -0.39 is 7.92 Å². The summed E-state index contributed by atoms with van der Waals surface area (Å²) >= 11 is 3.63. The van der Waals surface area contributed by atoms with Gasteiger partial charge in [-0.2, -0.15) is 10.1 Å². The molecule has 0 bridgehead atoms. The molecule has 5 aromatic rings. The number of ether oxygens (including phenoxy) is 2. The van der Waals surface area contributed by atoms with Crippen molar-refractivity contribution in [2.75, 3.05) is 57.4 Å². The molecular formula is C31H35BrN9O2P. The first-order valence-electron chi connectivity index (χ1n) is 14.4. The Morgan fingerprint density at radius 2 is 1.89 bits per heavy atom. The van der Waals surface area contributed by atoms with Gasteiger partial charge in [-0.05, 0) is 71.1 Å². The molecule has 1 aliphatic heterocycles. The van der Waals surface area contributed by atoms with Gasteiger partial charge in [0.1, 0.15) is 11.6 Å². The number of anilines is 4. The number of nitrogens with zero attached hydrogens (tertiary/aromatic N) is 7. The van der Waals surface area contributed by atoms with E-state index in [1.165, 1.54) is 0 Å². The maximum absolute atomic E-state index is 5.88. The van der Waals surface area contributed by atoms with E-state index in [1.54, 1.807) is 25.7 Å². The van der Waals surface area contributed by atoms with Crippen LogP contribution in [0, 0.1) is 0 Å². The van der Waals surface area contributed by atoms with Crippen LogP contribution in [0.3, 0.4) is 0 Å². The molecule has 0 unspecified atom stereocenters. The van der Waals surface area contributed by atoms with E-state index in [1.807, 2.05) is 36.3 Å². The van der Waals surface area contributed by atoms with E-state index in [0.29, 0.717) is 17.5 Å². The van der Waals surface area contributed by atoms with Crippen LogP contribution in [0.4, 0.5) is 23.1 Å². The number of aromatic nitrogens is 6. The Bertz CT molecular complexity index is 1770. The van der Waals surface area contributed by atoms with Crippen molar-refractivity contribution in [3.63, 3.8) is 0 Å². The fourth-order valence-corrected chi connectivity index (χ4v) is 6.88. The highest BCUT2D eigenvalue weighted by Gasteiger charge is 2.19. The first kappa shape index (κ1) is 30.3. The van der Waals surface area contributed by atoms with Gasteiger partial charge in [0.2, 0.25) is 5.95 Å². The average molecular weight is 677 g/mol. The molecule has 0 spiro atoms. The molecule has 0 saturated carbocycles. The standard InChI is InChI=1S/C31H35BrN9O2P/c1-40-18-21(16-36-40)22-15-26(27(42-2)14-20(22)19-41-10-5-12-43-13-11-41)38-31-35-17-23(32)30(39-31)37-25-7-6-24-28(29(25)44(3)4)34-9-8-33-24/h6-9,14-18H,5,10-13,19H2,1-4H3,(H2,35,37,38,39). The lowest BCUT2D eigenvalue weighted by Crippen LogP contribution is -2.26. The molecule has 3 aromatic heterocycles. The Kier molecular flexibility index (Phi) is 9.32. The van der Waals surface area contributed by atoms with Crippen molar-refractivity contribution in [1.82, 2.24) is 34.6 Å². The van der Waals surface area contributed by atoms with Gasteiger partial charge < -0.3 is 20.1 Å². The fourth-order valence-electron chi connectivity index (χ4n) is 5.38. The fraction of sp³-hybridized carbons (Fsp3) is 0.323. The third kappa shape index (κ3) is 6.68. The number of fused-ring (bicyclic) bond motifs is 1. The van der Waals surface area contributed by atoms with Crippen LogP contribution in [0.1, 0.15) is 12.0 Å². The summed E-state index contributed by atoms with van der Waals surface area (Å²) in [5.74, 6) is 1.77. The summed E-state index contributed by atoms with van der Waals surface area (Å²) in [5, 5.41) is 12.5. The second-order valence-corrected chi connectivity index (χ2v) is 13.9. The van der Waals surface area contributed by atoms with Gasteiger partial charge in [0.05, 0.1) is 41.1 Å². The van der Waals surface area contributed by atoms with Crippen molar-refractivity contribution >= 4 is 63.3 Å². The Hall–Kier alpha value is -3.70. The van der Waals surface area contributed by atoms with Gasteiger partial charge in [0, 0.05) is 74.6 Å². The molecule has 0 atom stereocenters. The van der Waals surface area contributed by atoms with Crippen molar-refractivity contribution in [2.24, 2.45) is 7.05 Å². The second-order valence-electron chi connectivity index (χ2n) is 10.8. The Balaban J connectivity index is 1.34. The molecule has 0 aliphatic carbocycles. The van der Waals surface area contributed by atoms with Gasteiger partial charge in [0.15, 0.2) is 0 Å². The Morgan fingerprint density at radius 1 is 1.02 bits per heavy atom. The van der Waals surface area contributed by atoms with Gasteiger partial charge in [-0.1, -0.05) is 7.92 Å². The van der Waals surface area contributed by atoms with Crippen LogP contribution in [-0.2, 0) is 18.3 Å². The molecule has 0 radical (unpaired) electrons. The number of hydrogen-bond donors (Lipinski definition) is 2. The van der Waals surface area contributed by atoms with Crippen molar-refractivity contribution < 1.29 is 9.47 Å². The second kappa shape index (κ2) is 13.5. The first-order chi connectivity index (χ1) is 21.4. The first-order valence-corrected chi connectivity index (χ1v) is 17.4. The molecule has 11 nitrogen and oxygen atoms in total. The van der Waals surface area contributed by atoms with Gasteiger partial charge in [-0.25, -0.2) is 4.98 Å². The molecule has 2 N–H and O–H groups in total. The van der Waals surface area contributed by atoms with Crippen LogP contribution in [0.15, 0.2) is 59.7 Å². The minimum atomic E-state index is -0.485. The van der Waals surface area contributed by atoms with E-state index >= 15 is 0 Å². The Morgan fingerprint density at radius 3 is 2.68 bits per heavy atom. The molecule has 0 amide bonds. The third-order valence-corrected chi connectivity index (χ3v) is 9.38. The molecule has 1 saturated heterocycles. The molecule has 228 valence electrons. The Labute approximate surface area is 266 Å². The molecule has 13 heteroatoms. The normalized spacial score (nSPS) is 14.1. The smallest absolute Gasteiger partial charge is 0.229 e. The van der Waals surface area contributed by atoms with Crippen LogP contribution in [0.2, 0.25) is 0 Å². The zero-order valence-electron chi connectivity index (χ0n) is 25.2. The number of benzene rings is 2. The maximum atomic E-state index is 5.88. The van der Waals surface area contributed by atoms with Crippen molar-refractivity contribution in [2.45, 2.75) is 13.0 Å². The summed E-state index contributed by atoms with van der Waals surface area (Å²) < 4.78 is 14.1. The highest BCUT2D eigenvalue weighted by molar-refractivity contribution is 9.10. The van der Waals surface area contributed by atoms with E-state index in [9.17, 15) is 0 Å². The van der Waals surface area contributed by atoms with Gasteiger partial charge in [0.25, 0.3) is 0 Å². The predicted molar refractivity (Wildman–Crippen MR) is 180 cm³/mol. The summed E-state index contributed by atoms with van der Waals surface area (Å²) in [5.41, 5.74) is 6.73. The topological polar surface area (TPSA) is 115 Å². The van der Waals surface area contributed by atoms with Crippen LogP contribution in [-0.4, -0.2) is 81.4 Å². The zero-order valence-corrected chi connectivity index (χ0v) is 27.7. The number of nitrogens with one attached hydrogen (secondary N) is 2. The van der Waals surface area contributed by atoms with Crippen molar-refractivity contribution in [3.05, 3.63) is 65.3 Å². The predicted octanol–water partition coefficient (Wildman–Crippen LogP) is 5.67. The molecule has 6 rings (SSSR count). The molecule has 4 heterocycles. The summed E-state index contributed by atoms with van der Waals surface area (Å²) in [6.07, 6.45) is 10.1. The lowest BCUT2D eigenvalue weighted by molar-refractivity contribution is 0.140.